The van der Waals surface area contributed by atoms with Gasteiger partial charge in [-0.1, -0.05) is 45.0 Å². The summed E-state index contributed by atoms with van der Waals surface area (Å²) in [6.07, 6.45) is 3.86. The number of aromatic nitrogens is 1. The van der Waals surface area contributed by atoms with Gasteiger partial charge < -0.3 is 15.3 Å². The largest absolute Gasteiger partial charge is 0.391 e. The second kappa shape index (κ2) is 9.49. The van der Waals surface area contributed by atoms with Crippen LogP contribution in [0.2, 0.25) is 0 Å². The molecule has 2 fully saturated rings. The van der Waals surface area contributed by atoms with Crippen molar-refractivity contribution < 1.29 is 14.7 Å². The Morgan fingerprint density at radius 2 is 2.00 bits per heavy atom. The molecule has 31 heavy (non-hydrogen) atoms. The summed E-state index contributed by atoms with van der Waals surface area (Å²) in [6.45, 7) is 9.42. The first-order valence-corrected chi connectivity index (χ1v) is 11.7. The van der Waals surface area contributed by atoms with E-state index in [1.54, 1.807) is 16.2 Å². The van der Waals surface area contributed by atoms with Crippen molar-refractivity contribution in [1.82, 2.24) is 15.2 Å². The van der Waals surface area contributed by atoms with E-state index in [-0.39, 0.29) is 23.0 Å². The van der Waals surface area contributed by atoms with E-state index in [1.165, 1.54) is 16.0 Å². The first-order chi connectivity index (χ1) is 14.6. The van der Waals surface area contributed by atoms with Crippen molar-refractivity contribution in [1.29, 1.82) is 0 Å². The van der Waals surface area contributed by atoms with E-state index in [2.05, 4.69) is 55.3 Å². The van der Waals surface area contributed by atoms with Crippen LogP contribution in [0, 0.1) is 12.3 Å². The number of nitrogens with zero attached hydrogens (tertiary/aromatic N) is 2. The lowest BCUT2D eigenvalue weighted by molar-refractivity contribution is -0.132. The number of nitrogens with one attached hydrogen (secondary N) is 1. The minimum absolute atomic E-state index is 0.0463. The normalized spacial score (nSPS) is 19.4. The molecule has 2 N–H and O–H groups in total. The second-order valence-electron chi connectivity index (χ2n) is 9.71. The van der Waals surface area contributed by atoms with Gasteiger partial charge in [0.25, 0.3) is 0 Å². The molecular weight excluding hydrogens is 410 g/mol. The van der Waals surface area contributed by atoms with Gasteiger partial charge in [-0.3, -0.25) is 9.59 Å². The predicted molar refractivity (Wildman–Crippen MR) is 124 cm³/mol. The van der Waals surface area contributed by atoms with E-state index in [9.17, 15) is 14.7 Å². The van der Waals surface area contributed by atoms with Crippen molar-refractivity contribution in [3.63, 3.8) is 0 Å². The first kappa shape index (κ1) is 23.4. The molecule has 1 unspecified atom stereocenters. The van der Waals surface area contributed by atoms with Gasteiger partial charge in [-0.15, -0.1) is 11.3 Å². The average Bonchev–Trinajstić information content (AvgIpc) is 3.14. The molecule has 168 valence electrons. The number of aryl methyl sites for hydroxylation is 1. The number of rotatable bonds is 5. The van der Waals surface area contributed by atoms with Crippen LogP contribution >= 0.6 is 11.3 Å². The number of carbonyl (C=O) groups excluding carboxylic acids is 2. The molecule has 7 heteroatoms. The highest BCUT2D eigenvalue weighted by atomic mass is 32.1. The van der Waals surface area contributed by atoms with E-state index < -0.39 is 0 Å². The molecule has 0 spiro atoms. The second-order valence-corrected chi connectivity index (χ2v) is 10.6. The number of aliphatic hydroxyl groups excluding tert-OH is 1. The Hall–Kier alpha value is -2.25. The van der Waals surface area contributed by atoms with Crippen LogP contribution in [0.3, 0.4) is 0 Å². The van der Waals surface area contributed by atoms with Crippen LogP contribution < -0.4 is 5.32 Å². The molecular formula is C24H33N3O3S. The number of aliphatic hydroxyl groups is 1. The van der Waals surface area contributed by atoms with E-state index >= 15 is 0 Å². The Morgan fingerprint density at radius 1 is 1.32 bits per heavy atom. The van der Waals surface area contributed by atoms with Gasteiger partial charge in [0, 0.05) is 19.5 Å². The van der Waals surface area contributed by atoms with Crippen LogP contribution in [0.4, 0.5) is 0 Å². The maximum absolute atomic E-state index is 11.6. The Morgan fingerprint density at radius 3 is 2.45 bits per heavy atom. The number of carbonyl (C=O) groups is 2. The fourth-order valence-electron chi connectivity index (χ4n) is 3.81. The van der Waals surface area contributed by atoms with Crippen molar-refractivity contribution in [3.05, 3.63) is 41.0 Å². The van der Waals surface area contributed by atoms with Gasteiger partial charge in [0.05, 0.1) is 27.7 Å². The van der Waals surface area contributed by atoms with E-state index in [4.69, 9.17) is 0 Å². The summed E-state index contributed by atoms with van der Waals surface area (Å²) in [7, 11) is 0. The topological polar surface area (TPSA) is 82.5 Å². The predicted octanol–water partition coefficient (Wildman–Crippen LogP) is 3.87. The Kier molecular flexibility index (Phi) is 7.17. The maximum atomic E-state index is 11.6. The van der Waals surface area contributed by atoms with Crippen LogP contribution in [0.15, 0.2) is 29.8 Å². The van der Waals surface area contributed by atoms with E-state index in [1.807, 2.05) is 12.4 Å². The molecule has 6 nitrogen and oxygen atoms in total. The molecule has 2 heterocycles. The minimum Gasteiger partial charge on any atom is -0.391 e. The Balaban J connectivity index is 0.000000187. The highest BCUT2D eigenvalue weighted by Crippen LogP contribution is 2.45. The molecule has 1 saturated heterocycles. The smallest absolute Gasteiger partial charge is 0.223 e. The molecule has 2 aromatic rings. The molecule has 1 saturated carbocycles. The third kappa shape index (κ3) is 6.14. The van der Waals surface area contributed by atoms with Crippen molar-refractivity contribution in [2.24, 2.45) is 5.41 Å². The number of likely N-dealkylation sites (tertiary alicyclic amines) is 1. The number of hydrogen-bond donors (Lipinski definition) is 2. The van der Waals surface area contributed by atoms with Gasteiger partial charge in [0.1, 0.15) is 0 Å². The quantitative estimate of drug-likeness (QED) is 0.687. The third-order valence-corrected chi connectivity index (χ3v) is 6.71. The summed E-state index contributed by atoms with van der Waals surface area (Å²) >= 11 is 1.66. The first-order valence-electron chi connectivity index (χ1n) is 10.8. The third-order valence-electron chi connectivity index (χ3n) is 5.73. The molecule has 4 rings (SSSR count). The molecule has 1 aromatic heterocycles. The molecule has 2 aliphatic rings. The number of thiazole rings is 1. The molecule has 1 atom stereocenters. The van der Waals surface area contributed by atoms with Gasteiger partial charge in [0.15, 0.2) is 0 Å². The zero-order valence-electron chi connectivity index (χ0n) is 18.9. The summed E-state index contributed by atoms with van der Waals surface area (Å²) in [4.78, 5) is 29.5. The van der Waals surface area contributed by atoms with E-state index in [0.717, 1.165) is 37.9 Å². The van der Waals surface area contributed by atoms with Crippen molar-refractivity contribution in [2.75, 3.05) is 13.1 Å². The zero-order valence-corrected chi connectivity index (χ0v) is 19.7. The Bertz CT molecular complexity index is 898. The highest BCUT2D eigenvalue weighted by Gasteiger charge is 2.43. The molecule has 1 aromatic carbocycles. The lowest BCUT2D eigenvalue weighted by atomic mass is 9.92. The SMILES string of the molecule is CC(C)(C)CC(=O)N1CCC(O)C1.Cc1ncsc1-c1ccc(C2(NC=O)CC2)cc1. The molecule has 0 radical (unpaired) electrons. The van der Waals surface area contributed by atoms with Crippen LogP contribution in [0.1, 0.15) is 57.7 Å². The summed E-state index contributed by atoms with van der Waals surface area (Å²) < 4.78 is 0. The lowest BCUT2D eigenvalue weighted by Crippen LogP contribution is -2.32. The molecule has 2 amide bonds. The highest BCUT2D eigenvalue weighted by molar-refractivity contribution is 7.13. The lowest BCUT2D eigenvalue weighted by Gasteiger charge is -2.22. The van der Waals surface area contributed by atoms with Gasteiger partial charge in [-0.2, -0.15) is 0 Å². The van der Waals surface area contributed by atoms with Crippen molar-refractivity contribution in [2.45, 2.75) is 65.0 Å². The fourth-order valence-corrected chi connectivity index (χ4v) is 4.62. The van der Waals surface area contributed by atoms with Gasteiger partial charge in [-0.25, -0.2) is 4.98 Å². The molecule has 1 aliphatic heterocycles. The van der Waals surface area contributed by atoms with E-state index in [0.29, 0.717) is 13.0 Å². The van der Waals surface area contributed by atoms with Crippen LogP contribution in [-0.4, -0.2) is 46.5 Å². The number of amides is 2. The van der Waals surface area contributed by atoms with Crippen molar-refractivity contribution >= 4 is 23.7 Å². The summed E-state index contributed by atoms with van der Waals surface area (Å²) in [5.41, 5.74) is 5.28. The van der Waals surface area contributed by atoms with Crippen LogP contribution in [0.25, 0.3) is 10.4 Å². The van der Waals surface area contributed by atoms with Crippen LogP contribution in [-0.2, 0) is 15.1 Å². The van der Waals surface area contributed by atoms with Gasteiger partial charge in [-0.05, 0) is 42.7 Å². The summed E-state index contributed by atoms with van der Waals surface area (Å²) in [5, 5.41) is 12.2. The maximum Gasteiger partial charge on any atom is 0.223 e. The van der Waals surface area contributed by atoms with Gasteiger partial charge in [0.2, 0.25) is 12.3 Å². The number of β-amino-alcohol motifs (C(OH)–C–C–N with tert-alkyl or cyclic N) is 1. The monoisotopic (exact) mass is 443 g/mol. The zero-order chi connectivity index (χ0) is 22.6. The fraction of sp³-hybridized carbons (Fsp3) is 0.542. The number of hydrogen-bond acceptors (Lipinski definition) is 5. The minimum atomic E-state index is -0.302. The summed E-state index contributed by atoms with van der Waals surface area (Å²) in [5.74, 6) is 0.170. The standard InChI is InChI=1S/C14H14N2OS.C10H19NO2/c1-10-13(18-9-15-10)11-2-4-12(5-3-11)14(6-7-14)16-8-17;1-10(2,3)6-9(13)11-5-4-8(12)7-11/h2-5,8-9H,6-7H2,1H3,(H,16,17);8,12H,4-7H2,1-3H3. The summed E-state index contributed by atoms with van der Waals surface area (Å²) in [6, 6.07) is 8.45. The average molecular weight is 444 g/mol. The molecule has 0 bridgehead atoms. The molecule has 1 aliphatic carbocycles. The van der Waals surface area contributed by atoms with Crippen molar-refractivity contribution in [3.8, 4) is 10.4 Å². The van der Waals surface area contributed by atoms with Gasteiger partial charge >= 0.3 is 0 Å². The Labute approximate surface area is 188 Å². The number of benzene rings is 1. The van der Waals surface area contributed by atoms with Crippen LogP contribution in [0.5, 0.6) is 0 Å².